The summed E-state index contributed by atoms with van der Waals surface area (Å²) in [5.41, 5.74) is 0.371. The van der Waals surface area contributed by atoms with Gasteiger partial charge in [0.05, 0.1) is 12.0 Å². The van der Waals surface area contributed by atoms with Crippen molar-refractivity contribution in [2.75, 3.05) is 12.4 Å². The van der Waals surface area contributed by atoms with Crippen LogP contribution in [0.4, 0.5) is 11.4 Å². The number of nitro benzene ring substituents is 1. The standard InChI is InChI=1S/C11H14N2O3/c1-4-8(2)12-9-6-5-7-10(16-3)11(9)13(14)15/h4-8,12H,1H2,2-3H3. The Morgan fingerprint density at radius 1 is 1.62 bits per heavy atom. The normalized spacial score (nSPS) is 11.6. The number of ether oxygens (including phenoxy) is 1. The van der Waals surface area contributed by atoms with Gasteiger partial charge in [-0.2, -0.15) is 0 Å². The first kappa shape index (κ1) is 12.0. The number of hydrogen-bond acceptors (Lipinski definition) is 4. The van der Waals surface area contributed by atoms with E-state index in [0.717, 1.165) is 0 Å². The molecule has 0 fully saturated rings. The Hall–Kier alpha value is -2.04. The number of nitrogens with one attached hydrogen (secondary N) is 1. The largest absolute Gasteiger partial charge is 0.490 e. The zero-order valence-electron chi connectivity index (χ0n) is 9.27. The lowest BCUT2D eigenvalue weighted by Gasteiger charge is -2.12. The Bertz CT molecular complexity index is 404. The van der Waals surface area contributed by atoms with Crippen molar-refractivity contribution in [2.24, 2.45) is 0 Å². The maximum atomic E-state index is 10.9. The summed E-state index contributed by atoms with van der Waals surface area (Å²) in [4.78, 5) is 10.5. The first-order chi connectivity index (χ1) is 7.60. The van der Waals surface area contributed by atoms with Gasteiger partial charge in [-0.25, -0.2) is 0 Å². The summed E-state index contributed by atoms with van der Waals surface area (Å²) in [7, 11) is 1.41. The highest BCUT2D eigenvalue weighted by atomic mass is 16.6. The average molecular weight is 222 g/mol. The van der Waals surface area contributed by atoms with E-state index in [1.165, 1.54) is 7.11 Å². The van der Waals surface area contributed by atoms with E-state index in [0.29, 0.717) is 5.69 Å². The molecular formula is C11H14N2O3. The lowest BCUT2D eigenvalue weighted by molar-refractivity contribution is -0.384. The van der Waals surface area contributed by atoms with Gasteiger partial charge in [0, 0.05) is 6.04 Å². The molecule has 1 rings (SSSR count). The zero-order valence-corrected chi connectivity index (χ0v) is 9.27. The molecule has 5 nitrogen and oxygen atoms in total. The molecule has 1 aromatic carbocycles. The molecule has 0 bridgehead atoms. The van der Waals surface area contributed by atoms with Crippen molar-refractivity contribution < 1.29 is 9.66 Å². The van der Waals surface area contributed by atoms with Crippen molar-refractivity contribution in [1.82, 2.24) is 0 Å². The van der Waals surface area contributed by atoms with Gasteiger partial charge in [0.2, 0.25) is 0 Å². The van der Waals surface area contributed by atoms with Crippen molar-refractivity contribution in [3.05, 3.63) is 41.0 Å². The molecule has 0 heterocycles. The molecule has 0 saturated carbocycles. The van der Waals surface area contributed by atoms with Crippen LogP contribution in [0.25, 0.3) is 0 Å². The van der Waals surface area contributed by atoms with Crippen molar-refractivity contribution >= 4 is 11.4 Å². The van der Waals surface area contributed by atoms with E-state index in [4.69, 9.17) is 4.74 Å². The summed E-state index contributed by atoms with van der Waals surface area (Å²) in [5, 5.41) is 13.9. The summed E-state index contributed by atoms with van der Waals surface area (Å²) in [6, 6.07) is 4.85. The Morgan fingerprint density at radius 3 is 2.81 bits per heavy atom. The maximum Gasteiger partial charge on any atom is 0.333 e. The molecule has 0 aromatic heterocycles. The molecule has 0 aliphatic heterocycles. The van der Waals surface area contributed by atoms with Gasteiger partial charge in [-0.3, -0.25) is 10.1 Å². The van der Waals surface area contributed by atoms with Crippen LogP contribution >= 0.6 is 0 Å². The summed E-state index contributed by atoms with van der Waals surface area (Å²) in [6.45, 7) is 5.47. The van der Waals surface area contributed by atoms with Gasteiger partial charge in [-0.15, -0.1) is 6.58 Å². The SMILES string of the molecule is C=CC(C)Nc1cccc(OC)c1[N+](=O)[O-]. The number of nitrogens with zero attached hydrogens (tertiary/aromatic N) is 1. The van der Waals surface area contributed by atoms with Gasteiger partial charge in [0.15, 0.2) is 5.75 Å². The van der Waals surface area contributed by atoms with E-state index >= 15 is 0 Å². The summed E-state index contributed by atoms with van der Waals surface area (Å²) in [6.07, 6.45) is 1.67. The highest BCUT2D eigenvalue weighted by molar-refractivity contribution is 5.68. The van der Waals surface area contributed by atoms with Gasteiger partial charge in [-0.05, 0) is 19.1 Å². The van der Waals surface area contributed by atoms with Crippen molar-refractivity contribution in [1.29, 1.82) is 0 Å². The van der Waals surface area contributed by atoms with Crippen molar-refractivity contribution in [2.45, 2.75) is 13.0 Å². The minimum absolute atomic E-state index is 0.0502. The number of methoxy groups -OCH3 is 1. The number of anilines is 1. The lowest BCUT2D eigenvalue weighted by Crippen LogP contribution is -2.12. The van der Waals surface area contributed by atoms with Gasteiger partial charge >= 0.3 is 5.69 Å². The predicted molar refractivity (Wildman–Crippen MR) is 62.9 cm³/mol. The van der Waals surface area contributed by atoms with Crippen LogP contribution in [0.3, 0.4) is 0 Å². The number of rotatable bonds is 5. The van der Waals surface area contributed by atoms with Crippen LogP contribution in [0.15, 0.2) is 30.9 Å². The van der Waals surface area contributed by atoms with E-state index in [1.54, 1.807) is 24.3 Å². The zero-order chi connectivity index (χ0) is 12.1. The van der Waals surface area contributed by atoms with E-state index in [2.05, 4.69) is 11.9 Å². The maximum absolute atomic E-state index is 10.9. The molecule has 1 unspecified atom stereocenters. The van der Waals surface area contributed by atoms with Gasteiger partial charge in [0.25, 0.3) is 0 Å². The highest BCUT2D eigenvalue weighted by Gasteiger charge is 2.20. The van der Waals surface area contributed by atoms with E-state index < -0.39 is 4.92 Å². The van der Waals surface area contributed by atoms with Crippen LogP contribution in [-0.4, -0.2) is 18.1 Å². The summed E-state index contributed by atoms with van der Waals surface area (Å²) in [5.74, 6) is 0.242. The predicted octanol–water partition coefficient (Wildman–Crippen LogP) is 2.59. The molecule has 86 valence electrons. The minimum Gasteiger partial charge on any atom is -0.490 e. The first-order valence-electron chi connectivity index (χ1n) is 4.80. The Labute approximate surface area is 93.9 Å². The van der Waals surface area contributed by atoms with E-state index in [1.807, 2.05) is 6.92 Å². The van der Waals surface area contributed by atoms with Crippen LogP contribution in [0.5, 0.6) is 5.75 Å². The molecule has 1 atom stereocenters. The third-order valence-electron chi connectivity index (χ3n) is 2.14. The van der Waals surface area contributed by atoms with Crippen LogP contribution in [0.1, 0.15) is 6.92 Å². The van der Waals surface area contributed by atoms with Crippen molar-refractivity contribution in [3.8, 4) is 5.75 Å². The van der Waals surface area contributed by atoms with Crippen molar-refractivity contribution in [3.63, 3.8) is 0 Å². The third kappa shape index (κ3) is 2.50. The summed E-state index contributed by atoms with van der Waals surface area (Å²) < 4.78 is 4.96. The summed E-state index contributed by atoms with van der Waals surface area (Å²) >= 11 is 0. The molecule has 5 heteroatoms. The molecule has 0 aliphatic carbocycles. The molecule has 1 N–H and O–H groups in total. The second-order valence-electron chi connectivity index (χ2n) is 3.28. The monoisotopic (exact) mass is 222 g/mol. The minimum atomic E-state index is -0.461. The number of benzene rings is 1. The second kappa shape index (κ2) is 5.16. The highest BCUT2D eigenvalue weighted by Crippen LogP contribution is 2.34. The van der Waals surface area contributed by atoms with Crippen LogP contribution < -0.4 is 10.1 Å². The second-order valence-corrected chi connectivity index (χ2v) is 3.28. The molecule has 0 aliphatic rings. The smallest absolute Gasteiger partial charge is 0.333 e. The average Bonchev–Trinajstić information content (AvgIpc) is 2.28. The topological polar surface area (TPSA) is 64.4 Å². The van der Waals surface area contributed by atoms with Crippen LogP contribution in [-0.2, 0) is 0 Å². The number of nitro groups is 1. The quantitative estimate of drug-likeness (QED) is 0.472. The Kier molecular flexibility index (Phi) is 3.88. The van der Waals surface area contributed by atoms with Crippen LogP contribution in [0, 0.1) is 10.1 Å². The molecule has 0 spiro atoms. The Balaban J connectivity index is 3.16. The number of hydrogen-bond donors (Lipinski definition) is 1. The molecular weight excluding hydrogens is 208 g/mol. The fraction of sp³-hybridized carbons (Fsp3) is 0.273. The van der Waals surface area contributed by atoms with Crippen LogP contribution in [0.2, 0.25) is 0 Å². The van der Waals surface area contributed by atoms with E-state index in [-0.39, 0.29) is 17.5 Å². The fourth-order valence-electron chi connectivity index (χ4n) is 1.30. The van der Waals surface area contributed by atoms with Gasteiger partial charge < -0.3 is 10.1 Å². The molecule has 0 amide bonds. The number of para-hydroxylation sites is 1. The van der Waals surface area contributed by atoms with Gasteiger partial charge in [-0.1, -0.05) is 12.1 Å². The fourth-order valence-corrected chi connectivity index (χ4v) is 1.30. The molecule has 16 heavy (non-hydrogen) atoms. The lowest BCUT2D eigenvalue weighted by atomic mass is 10.2. The third-order valence-corrected chi connectivity index (χ3v) is 2.14. The Morgan fingerprint density at radius 2 is 2.31 bits per heavy atom. The van der Waals surface area contributed by atoms with Gasteiger partial charge in [0.1, 0.15) is 5.69 Å². The molecule has 0 radical (unpaired) electrons. The molecule has 1 aromatic rings. The van der Waals surface area contributed by atoms with E-state index in [9.17, 15) is 10.1 Å². The first-order valence-corrected chi connectivity index (χ1v) is 4.80. The molecule has 0 saturated heterocycles.